The Hall–Kier alpha value is -2.08. The lowest BCUT2D eigenvalue weighted by molar-refractivity contribution is -0.122. The second-order valence-corrected chi connectivity index (χ2v) is 5.67. The Morgan fingerprint density at radius 1 is 1.23 bits per heavy atom. The Morgan fingerprint density at radius 3 is 2.64 bits per heavy atom. The molecule has 0 atom stereocenters. The lowest BCUT2D eigenvalue weighted by atomic mass is 9.92. The zero-order valence-electron chi connectivity index (χ0n) is 12.6. The van der Waals surface area contributed by atoms with Crippen LogP contribution >= 0.6 is 0 Å². The average Bonchev–Trinajstić information content (AvgIpc) is 2.50. The maximum atomic E-state index is 11.9. The quantitative estimate of drug-likeness (QED) is 0.727. The molecule has 0 spiro atoms. The van der Waals surface area contributed by atoms with Crippen molar-refractivity contribution in [3.63, 3.8) is 0 Å². The molecule has 0 radical (unpaired) electrons. The number of nitrogens with one attached hydrogen (secondary N) is 1. The van der Waals surface area contributed by atoms with Crippen molar-refractivity contribution in [3.05, 3.63) is 29.8 Å². The van der Waals surface area contributed by atoms with E-state index >= 15 is 0 Å². The van der Waals surface area contributed by atoms with Gasteiger partial charge in [0.1, 0.15) is 5.75 Å². The number of primary amides is 1. The molecule has 22 heavy (non-hydrogen) atoms. The van der Waals surface area contributed by atoms with Gasteiger partial charge in [-0.05, 0) is 43.9 Å². The Balaban J connectivity index is 1.70. The fourth-order valence-electron chi connectivity index (χ4n) is 2.56. The molecule has 6 heteroatoms. The molecule has 0 aromatic heterocycles. The standard InChI is InChI=1S/C16H23N3O3/c17-12-4-6-13(7-5-12)19-15(20)8-9-22-14-3-1-2-11(10-14)16(18)21/h1-3,10,12-13H,4-9,17H2,(H2,18,21)(H,19,20). The highest BCUT2D eigenvalue weighted by Crippen LogP contribution is 2.17. The molecule has 120 valence electrons. The number of hydrogen-bond acceptors (Lipinski definition) is 4. The normalized spacial score (nSPS) is 21.1. The average molecular weight is 305 g/mol. The zero-order chi connectivity index (χ0) is 15.9. The third-order valence-electron chi connectivity index (χ3n) is 3.85. The van der Waals surface area contributed by atoms with Crippen LogP contribution in [0.1, 0.15) is 42.5 Å². The molecule has 0 aliphatic heterocycles. The number of rotatable bonds is 6. The zero-order valence-corrected chi connectivity index (χ0v) is 12.6. The Kier molecular flexibility index (Phi) is 5.77. The van der Waals surface area contributed by atoms with Crippen LogP contribution in [0.3, 0.4) is 0 Å². The second-order valence-electron chi connectivity index (χ2n) is 5.67. The van der Waals surface area contributed by atoms with Gasteiger partial charge in [0.25, 0.3) is 0 Å². The van der Waals surface area contributed by atoms with Crippen LogP contribution in [0.4, 0.5) is 0 Å². The van der Waals surface area contributed by atoms with Crippen molar-refractivity contribution in [1.82, 2.24) is 5.32 Å². The van der Waals surface area contributed by atoms with Crippen LogP contribution in [-0.2, 0) is 4.79 Å². The Labute approximate surface area is 130 Å². The lowest BCUT2D eigenvalue weighted by Gasteiger charge is -2.26. The highest BCUT2D eigenvalue weighted by atomic mass is 16.5. The minimum absolute atomic E-state index is 0.0217. The van der Waals surface area contributed by atoms with E-state index in [0.717, 1.165) is 25.7 Å². The summed E-state index contributed by atoms with van der Waals surface area (Å²) in [6, 6.07) is 7.12. The van der Waals surface area contributed by atoms with Crippen molar-refractivity contribution in [2.24, 2.45) is 11.5 Å². The second kappa shape index (κ2) is 7.79. The van der Waals surface area contributed by atoms with Gasteiger partial charge in [-0.15, -0.1) is 0 Å². The van der Waals surface area contributed by atoms with Gasteiger partial charge in [-0.2, -0.15) is 0 Å². The predicted octanol–water partition coefficient (Wildman–Crippen LogP) is 0.940. The molecule has 0 bridgehead atoms. The summed E-state index contributed by atoms with van der Waals surface area (Å²) in [5, 5.41) is 3.01. The summed E-state index contributed by atoms with van der Waals surface area (Å²) < 4.78 is 5.49. The molecule has 2 rings (SSSR count). The number of hydrogen-bond donors (Lipinski definition) is 3. The van der Waals surface area contributed by atoms with Crippen LogP contribution in [0.15, 0.2) is 24.3 Å². The highest BCUT2D eigenvalue weighted by Gasteiger charge is 2.19. The topological polar surface area (TPSA) is 107 Å². The van der Waals surface area contributed by atoms with Crippen LogP contribution in [0.2, 0.25) is 0 Å². The first-order valence-electron chi connectivity index (χ1n) is 7.62. The van der Waals surface area contributed by atoms with E-state index in [4.69, 9.17) is 16.2 Å². The van der Waals surface area contributed by atoms with Crippen molar-refractivity contribution < 1.29 is 14.3 Å². The van der Waals surface area contributed by atoms with Crippen molar-refractivity contribution >= 4 is 11.8 Å². The summed E-state index contributed by atoms with van der Waals surface area (Å²) in [6.07, 6.45) is 4.08. The maximum absolute atomic E-state index is 11.9. The van der Waals surface area contributed by atoms with Gasteiger partial charge < -0.3 is 21.5 Å². The fraction of sp³-hybridized carbons (Fsp3) is 0.500. The molecule has 2 amide bonds. The van der Waals surface area contributed by atoms with Crippen molar-refractivity contribution in [2.45, 2.75) is 44.2 Å². The number of carbonyl (C=O) groups excluding carboxylic acids is 2. The summed E-state index contributed by atoms with van der Waals surface area (Å²) in [5.74, 6) is 0.0120. The van der Waals surface area contributed by atoms with Crippen molar-refractivity contribution in [3.8, 4) is 5.75 Å². The lowest BCUT2D eigenvalue weighted by Crippen LogP contribution is -2.40. The van der Waals surface area contributed by atoms with Gasteiger partial charge >= 0.3 is 0 Å². The molecule has 1 aliphatic carbocycles. The highest BCUT2D eigenvalue weighted by molar-refractivity contribution is 5.93. The number of carbonyl (C=O) groups is 2. The van der Waals surface area contributed by atoms with E-state index < -0.39 is 5.91 Å². The van der Waals surface area contributed by atoms with Gasteiger partial charge in [0.15, 0.2) is 0 Å². The summed E-state index contributed by atoms with van der Waals surface area (Å²) in [4.78, 5) is 22.9. The molecule has 1 aromatic rings. The summed E-state index contributed by atoms with van der Waals surface area (Å²) >= 11 is 0. The number of amides is 2. The van der Waals surface area contributed by atoms with Crippen LogP contribution in [0.5, 0.6) is 5.75 Å². The van der Waals surface area contributed by atoms with Gasteiger partial charge in [-0.3, -0.25) is 9.59 Å². The molecule has 1 aliphatic rings. The van der Waals surface area contributed by atoms with Gasteiger partial charge in [0.05, 0.1) is 13.0 Å². The van der Waals surface area contributed by atoms with Gasteiger partial charge in [0.2, 0.25) is 11.8 Å². The summed E-state index contributed by atoms with van der Waals surface area (Å²) in [7, 11) is 0. The van der Waals surface area contributed by atoms with Gasteiger partial charge in [-0.1, -0.05) is 6.07 Å². The predicted molar refractivity (Wildman–Crippen MR) is 83.4 cm³/mol. The molecular weight excluding hydrogens is 282 g/mol. The van der Waals surface area contributed by atoms with E-state index in [1.54, 1.807) is 24.3 Å². The first-order chi connectivity index (χ1) is 10.5. The Bertz CT molecular complexity index is 525. The van der Waals surface area contributed by atoms with Gasteiger partial charge in [0, 0.05) is 17.6 Å². The third-order valence-corrected chi connectivity index (χ3v) is 3.85. The van der Waals surface area contributed by atoms with Crippen LogP contribution in [0, 0.1) is 0 Å². The SMILES string of the molecule is NC(=O)c1cccc(OCCC(=O)NC2CCC(N)CC2)c1. The number of ether oxygens (including phenoxy) is 1. The molecule has 5 N–H and O–H groups in total. The largest absolute Gasteiger partial charge is 0.493 e. The monoisotopic (exact) mass is 305 g/mol. The molecular formula is C16H23N3O3. The molecule has 6 nitrogen and oxygen atoms in total. The van der Waals surface area contributed by atoms with Crippen LogP contribution in [-0.4, -0.2) is 30.5 Å². The smallest absolute Gasteiger partial charge is 0.248 e. The van der Waals surface area contributed by atoms with Crippen molar-refractivity contribution in [2.75, 3.05) is 6.61 Å². The number of benzene rings is 1. The third kappa shape index (κ3) is 5.04. The van der Waals surface area contributed by atoms with Gasteiger partial charge in [-0.25, -0.2) is 0 Å². The molecule has 0 saturated heterocycles. The maximum Gasteiger partial charge on any atom is 0.248 e. The van der Waals surface area contributed by atoms with Crippen LogP contribution in [0.25, 0.3) is 0 Å². The number of nitrogens with two attached hydrogens (primary N) is 2. The Morgan fingerprint density at radius 2 is 1.95 bits per heavy atom. The van der Waals surface area contributed by atoms with E-state index in [2.05, 4.69) is 5.32 Å². The molecule has 1 saturated carbocycles. The minimum Gasteiger partial charge on any atom is -0.493 e. The summed E-state index contributed by atoms with van der Waals surface area (Å²) in [5.41, 5.74) is 11.4. The minimum atomic E-state index is -0.501. The first-order valence-corrected chi connectivity index (χ1v) is 7.62. The molecule has 1 fully saturated rings. The van der Waals surface area contributed by atoms with E-state index in [1.807, 2.05) is 0 Å². The summed E-state index contributed by atoms with van der Waals surface area (Å²) in [6.45, 7) is 0.264. The first kappa shape index (κ1) is 16.3. The molecule has 1 aromatic carbocycles. The fourth-order valence-corrected chi connectivity index (χ4v) is 2.56. The van der Waals surface area contributed by atoms with E-state index in [1.165, 1.54) is 0 Å². The van der Waals surface area contributed by atoms with E-state index in [9.17, 15) is 9.59 Å². The van der Waals surface area contributed by atoms with E-state index in [-0.39, 0.29) is 31.0 Å². The molecule has 0 heterocycles. The molecule has 0 unspecified atom stereocenters. The van der Waals surface area contributed by atoms with E-state index in [0.29, 0.717) is 11.3 Å². The van der Waals surface area contributed by atoms with Crippen LogP contribution < -0.4 is 21.5 Å². The van der Waals surface area contributed by atoms with Crippen molar-refractivity contribution in [1.29, 1.82) is 0 Å².